The van der Waals surface area contributed by atoms with Gasteiger partial charge in [-0.15, -0.1) is 0 Å². The van der Waals surface area contributed by atoms with Crippen molar-refractivity contribution < 1.29 is 24.0 Å². The fraction of sp³-hybridized carbons (Fsp3) is 0.179. The Balaban J connectivity index is 0.000000324. The molecule has 0 bridgehead atoms. The molecule has 3 aromatic carbocycles. The Morgan fingerprint density at radius 3 is 1.29 bits per heavy atom. The van der Waals surface area contributed by atoms with Gasteiger partial charge in [0.05, 0.1) is 22.3 Å². The smallest absolute Gasteiger partial charge is 0.261 e. The number of carbonyl (C=O) groups is 5. The van der Waals surface area contributed by atoms with Crippen LogP contribution in [0.1, 0.15) is 76.8 Å². The van der Waals surface area contributed by atoms with Crippen LogP contribution in [-0.4, -0.2) is 53.3 Å². The van der Waals surface area contributed by atoms with E-state index in [9.17, 15) is 24.0 Å². The molecule has 0 aromatic heterocycles. The summed E-state index contributed by atoms with van der Waals surface area (Å²) < 4.78 is 0. The maximum atomic E-state index is 12.8. The van der Waals surface area contributed by atoms with Gasteiger partial charge >= 0.3 is 0 Å². The molecule has 0 saturated heterocycles. The first-order valence-corrected chi connectivity index (χ1v) is 11.2. The van der Waals surface area contributed by atoms with Gasteiger partial charge in [-0.25, -0.2) is 0 Å². The molecule has 7 heteroatoms. The van der Waals surface area contributed by atoms with E-state index < -0.39 is 29.4 Å². The zero-order chi connectivity index (χ0) is 25.9. The molecule has 0 spiro atoms. The Hall–Kier alpha value is -4.39. The largest absolute Gasteiger partial charge is 0.289 e. The van der Waals surface area contributed by atoms with Crippen molar-refractivity contribution in [1.82, 2.24) is 9.80 Å². The van der Waals surface area contributed by atoms with Crippen LogP contribution < -0.4 is 0 Å². The molecule has 0 N–H and O–H groups in total. The van der Waals surface area contributed by atoms with Crippen LogP contribution in [0.4, 0.5) is 0 Å². The molecule has 0 radical (unpaired) electrons. The van der Waals surface area contributed by atoms with Gasteiger partial charge in [-0.1, -0.05) is 61.9 Å². The fourth-order valence-electron chi connectivity index (χ4n) is 3.71. The highest BCUT2D eigenvalue weighted by atomic mass is 16.2. The minimum atomic E-state index is -0.462. The number of benzene rings is 3. The number of nitrogens with zero attached hydrogens (tertiary/aromatic N) is 2. The van der Waals surface area contributed by atoms with E-state index in [4.69, 9.17) is 0 Å². The van der Waals surface area contributed by atoms with Crippen molar-refractivity contribution in [2.24, 2.45) is 0 Å². The molecular formula is C28H26N2O5. The van der Waals surface area contributed by atoms with E-state index in [-0.39, 0.29) is 33.4 Å². The summed E-state index contributed by atoms with van der Waals surface area (Å²) in [4.78, 5) is 62.8. The van der Waals surface area contributed by atoms with E-state index in [0.717, 1.165) is 9.80 Å². The van der Waals surface area contributed by atoms with Gasteiger partial charge in [0.1, 0.15) is 0 Å². The van der Waals surface area contributed by atoms with Gasteiger partial charge < -0.3 is 0 Å². The Morgan fingerprint density at radius 1 is 0.571 bits per heavy atom. The Kier molecular flexibility index (Phi) is 7.40. The molecule has 4 amide bonds. The number of aryl methyl sites for hydroxylation is 1. The minimum Gasteiger partial charge on any atom is -0.289 e. The second kappa shape index (κ2) is 10.3. The van der Waals surface area contributed by atoms with E-state index in [0.29, 0.717) is 0 Å². The monoisotopic (exact) mass is 470 g/mol. The number of ketones is 1. The number of imide groups is 2. The second-order valence-corrected chi connectivity index (χ2v) is 7.84. The first kappa shape index (κ1) is 25.2. The molecule has 2 aliphatic heterocycles. The van der Waals surface area contributed by atoms with Crippen molar-refractivity contribution in [3.63, 3.8) is 0 Å². The predicted octanol–water partition coefficient (Wildman–Crippen LogP) is 4.39. The van der Waals surface area contributed by atoms with Crippen molar-refractivity contribution >= 4 is 29.4 Å². The zero-order valence-electron chi connectivity index (χ0n) is 20.3. The highest BCUT2D eigenvalue weighted by Gasteiger charge is 2.35. The summed E-state index contributed by atoms with van der Waals surface area (Å²) in [6.45, 7) is 6.08. The van der Waals surface area contributed by atoms with Crippen LogP contribution in [0.3, 0.4) is 0 Å². The number of hydrogen-bond donors (Lipinski definition) is 0. The summed E-state index contributed by atoms with van der Waals surface area (Å²) >= 11 is 0. The van der Waals surface area contributed by atoms with Crippen molar-refractivity contribution in [1.29, 1.82) is 0 Å². The summed E-state index contributed by atoms with van der Waals surface area (Å²) in [5.41, 5.74) is 2.64. The van der Waals surface area contributed by atoms with Crippen LogP contribution >= 0.6 is 0 Å². The highest BCUT2D eigenvalue weighted by molar-refractivity contribution is 6.24. The highest BCUT2D eigenvalue weighted by Crippen LogP contribution is 2.26. The molecule has 2 heterocycles. The number of hydrogen-bond acceptors (Lipinski definition) is 5. The zero-order valence-corrected chi connectivity index (χ0v) is 20.3. The molecule has 7 nitrogen and oxygen atoms in total. The predicted molar refractivity (Wildman–Crippen MR) is 132 cm³/mol. The third-order valence-electron chi connectivity index (χ3n) is 5.64. The summed E-state index contributed by atoms with van der Waals surface area (Å²) in [6.07, 6.45) is 0. The topological polar surface area (TPSA) is 91.8 Å². The average molecular weight is 471 g/mol. The maximum Gasteiger partial charge on any atom is 0.261 e. The first-order valence-electron chi connectivity index (χ1n) is 11.2. The molecule has 3 aromatic rings. The van der Waals surface area contributed by atoms with Gasteiger partial charge in [-0.2, -0.15) is 0 Å². The Morgan fingerprint density at radius 2 is 0.943 bits per heavy atom. The van der Waals surface area contributed by atoms with Gasteiger partial charge in [0.25, 0.3) is 23.6 Å². The maximum absolute atomic E-state index is 12.8. The first-order chi connectivity index (χ1) is 16.7. The van der Waals surface area contributed by atoms with Crippen LogP contribution in [0.5, 0.6) is 0 Å². The number of amides is 4. The number of rotatable bonds is 2. The quantitative estimate of drug-likeness (QED) is 0.409. The molecule has 35 heavy (non-hydrogen) atoms. The van der Waals surface area contributed by atoms with Gasteiger partial charge in [0, 0.05) is 25.2 Å². The van der Waals surface area contributed by atoms with Crippen LogP contribution in [0.2, 0.25) is 0 Å². The number of fused-ring (bicyclic) bond motifs is 2. The van der Waals surface area contributed by atoms with Crippen molar-refractivity contribution in [3.8, 4) is 0 Å². The molecule has 0 aliphatic carbocycles. The normalized spacial score (nSPS) is 13.5. The summed E-state index contributed by atoms with van der Waals surface area (Å²) in [5.74, 6) is -2.14. The molecule has 178 valence electrons. The molecular weight excluding hydrogens is 444 g/mol. The van der Waals surface area contributed by atoms with Gasteiger partial charge in [-0.05, 0) is 31.2 Å². The van der Waals surface area contributed by atoms with Gasteiger partial charge in [0.2, 0.25) is 0 Å². The average Bonchev–Trinajstić information content (AvgIpc) is 3.24. The van der Waals surface area contributed by atoms with Crippen molar-refractivity contribution in [3.05, 3.63) is 106 Å². The second-order valence-electron chi connectivity index (χ2n) is 7.84. The van der Waals surface area contributed by atoms with E-state index in [1.807, 2.05) is 32.0 Å². The third-order valence-corrected chi connectivity index (χ3v) is 5.64. The molecule has 0 atom stereocenters. The Bertz CT molecular complexity index is 1260. The minimum absolute atomic E-state index is 0.176. The lowest BCUT2D eigenvalue weighted by Crippen LogP contribution is -2.24. The SMILES string of the molecule is CC.CN1C(=O)c2ccc(C(=O)c3ccc4c(c3)C(=O)N(C)C4=O)cc2C1=O.Cc1ccccc1. The molecule has 5 rings (SSSR count). The van der Waals surface area contributed by atoms with Crippen LogP contribution in [0, 0.1) is 6.92 Å². The molecule has 0 unspecified atom stereocenters. The number of carbonyl (C=O) groups excluding carboxylic acids is 5. The fourth-order valence-corrected chi connectivity index (χ4v) is 3.71. The van der Waals surface area contributed by atoms with Crippen LogP contribution in [-0.2, 0) is 0 Å². The summed E-state index contributed by atoms with van der Waals surface area (Å²) in [6, 6.07) is 18.9. The van der Waals surface area contributed by atoms with E-state index >= 15 is 0 Å². The Labute approximate surface area is 204 Å². The lowest BCUT2D eigenvalue weighted by molar-refractivity contribution is 0.0678. The summed E-state index contributed by atoms with van der Waals surface area (Å²) in [7, 11) is 2.76. The van der Waals surface area contributed by atoms with Crippen LogP contribution in [0.15, 0.2) is 66.7 Å². The van der Waals surface area contributed by atoms with Crippen LogP contribution in [0.25, 0.3) is 0 Å². The standard InChI is InChI=1S/C19H12N2O5.C7H8.C2H6/c1-20-16(23)11-5-3-9(7-13(11)18(20)25)15(22)10-4-6-12-14(8-10)19(26)21(2)17(12)24;1-7-5-3-2-4-6-7;1-2/h3-8H,1-2H3;2-6H,1H3;1-2H3. The lowest BCUT2D eigenvalue weighted by atomic mass is 9.96. The van der Waals surface area contributed by atoms with E-state index in [2.05, 4.69) is 19.1 Å². The van der Waals surface area contributed by atoms with Crippen molar-refractivity contribution in [2.75, 3.05) is 14.1 Å². The lowest BCUT2D eigenvalue weighted by Gasteiger charge is -2.04. The van der Waals surface area contributed by atoms with E-state index in [1.165, 1.54) is 56.1 Å². The third kappa shape index (κ3) is 4.66. The van der Waals surface area contributed by atoms with E-state index in [1.54, 1.807) is 0 Å². The molecule has 2 aliphatic rings. The van der Waals surface area contributed by atoms with Gasteiger partial charge in [-0.3, -0.25) is 33.8 Å². The summed E-state index contributed by atoms with van der Waals surface area (Å²) in [5, 5.41) is 0. The molecule has 0 fully saturated rings. The van der Waals surface area contributed by atoms with Gasteiger partial charge in [0.15, 0.2) is 5.78 Å². The molecule has 0 saturated carbocycles. The van der Waals surface area contributed by atoms with Crippen molar-refractivity contribution in [2.45, 2.75) is 20.8 Å².